The van der Waals surface area contributed by atoms with Gasteiger partial charge in [-0.2, -0.15) is 0 Å². The number of anilines is 1. The molecule has 0 unspecified atom stereocenters. The normalized spacial score (nSPS) is 14.2. The van der Waals surface area contributed by atoms with E-state index in [1.165, 1.54) is 5.56 Å². The summed E-state index contributed by atoms with van der Waals surface area (Å²) in [7, 11) is 2.19. The van der Waals surface area contributed by atoms with E-state index in [2.05, 4.69) is 47.6 Å². The number of nitrogens with zero attached hydrogens (tertiary/aromatic N) is 2. The fraction of sp³-hybridized carbons (Fsp3) is 0.286. The van der Waals surface area contributed by atoms with Crippen LogP contribution in [0.25, 0.3) is 11.1 Å². The van der Waals surface area contributed by atoms with Crippen molar-refractivity contribution in [3.8, 4) is 11.1 Å². The molecule has 0 saturated carbocycles. The van der Waals surface area contributed by atoms with Crippen molar-refractivity contribution in [2.75, 3.05) is 32.0 Å². The number of piperidine rings is 1. The number of benzene rings is 3. The number of nitrogens with two attached hydrogens (primary N) is 1. The molecule has 0 aliphatic carbocycles. The maximum atomic E-state index is 13.4. The molecule has 176 valence electrons. The molecule has 1 heterocycles. The Hall–Kier alpha value is -3.22. The largest absolute Gasteiger partial charge is 0.376 e. The Morgan fingerprint density at radius 2 is 1.65 bits per heavy atom. The fourth-order valence-corrected chi connectivity index (χ4v) is 4.70. The molecular formula is C28H32N4OS. The average molecular weight is 473 g/mol. The third kappa shape index (κ3) is 6.01. The zero-order chi connectivity index (χ0) is 23.9. The quantitative estimate of drug-likeness (QED) is 0.484. The van der Waals surface area contributed by atoms with Crippen LogP contribution in [0.4, 0.5) is 5.69 Å². The molecule has 1 amide bonds. The third-order valence-electron chi connectivity index (χ3n) is 6.59. The molecule has 1 saturated heterocycles. The number of hydrogen-bond donors (Lipinski definition) is 2. The van der Waals surface area contributed by atoms with Crippen LogP contribution < -0.4 is 11.1 Å². The highest BCUT2D eigenvalue weighted by atomic mass is 32.1. The van der Waals surface area contributed by atoms with Gasteiger partial charge < -0.3 is 20.9 Å². The van der Waals surface area contributed by atoms with Crippen LogP contribution in [-0.2, 0) is 6.42 Å². The minimum absolute atomic E-state index is 0.0174. The first-order valence-electron chi connectivity index (χ1n) is 11.8. The van der Waals surface area contributed by atoms with Gasteiger partial charge in [-0.1, -0.05) is 66.7 Å². The van der Waals surface area contributed by atoms with E-state index in [4.69, 9.17) is 18.0 Å². The number of carbonyl (C=O) groups excluding carboxylic acids is 1. The van der Waals surface area contributed by atoms with E-state index in [0.717, 1.165) is 50.0 Å². The first-order valence-corrected chi connectivity index (χ1v) is 12.2. The molecule has 0 aromatic heterocycles. The van der Waals surface area contributed by atoms with E-state index in [1.54, 1.807) is 0 Å². The van der Waals surface area contributed by atoms with Crippen molar-refractivity contribution in [1.29, 1.82) is 0 Å². The Morgan fingerprint density at radius 3 is 2.29 bits per heavy atom. The Bertz CT molecular complexity index is 1110. The summed E-state index contributed by atoms with van der Waals surface area (Å²) in [6, 6.07) is 26.9. The van der Waals surface area contributed by atoms with Gasteiger partial charge in [0.15, 0.2) is 5.11 Å². The molecule has 1 fully saturated rings. The van der Waals surface area contributed by atoms with Gasteiger partial charge in [-0.05, 0) is 67.4 Å². The number of carbonyl (C=O) groups is 1. The summed E-state index contributed by atoms with van der Waals surface area (Å²) >= 11 is 5.08. The summed E-state index contributed by atoms with van der Waals surface area (Å²) in [6.45, 7) is 2.50. The summed E-state index contributed by atoms with van der Waals surface area (Å²) in [5, 5.41) is 3.17. The summed E-state index contributed by atoms with van der Waals surface area (Å²) in [6.07, 6.45) is 2.98. The standard InChI is InChI=1S/C28H32N4OS/c1-31(17-14-21-8-4-2-5-9-21)24-15-18-32(19-16-24)27(33)25-13-12-23(20-26(25)30-28(29)34)22-10-6-3-7-11-22/h2-13,20,24H,14-19H2,1H3,(H3,29,30,34). The molecule has 3 aromatic carbocycles. The molecule has 3 aromatic rings. The lowest BCUT2D eigenvalue weighted by Gasteiger charge is -2.37. The Kier molecular flexibility index (Phi) is 7.93. The Morgan fingerprint density at radius 1 is 1.00 bits per heavy atom. The number of rotatable bonds is 7. The minimum Gasteiger partial charge on any atom is -0.376 e. The van der Waals surface area contributed by atoms with E-state index in [0.29, 0.717) is 17.3 Å². The van der Waals surface area contributed by atoms with Crippen LogP contribution in [0.15, 0.2) is 78.9 Å². The molecule has 0 bridgehead atoms. The van der Waals surface area contributed by atoms with Crippen molar-refractivity contribution < 1.29 is 4.79 Å². The number of thiocarbonyl (C=S) groups is 1. The van der Waals surface area contributed by atoms with E-state index in [9.17, 15) is 4.79 Å². The highest BCUT2D eigenvalue weighted by molar-refractivity contribution is 7.80. The highest BCUT2D eigenvalue weighted by Gasteiger charge is 2.27. The van der Waals surface area contributed by atoms with Crippen molar-refractivity contribution >= 4 is 28.9 Å². The molecule has 3 N–H and O–H groups in total. The highest BCUT2D eigenvalue weighted by Crippen LogP contribution is 2.28. The first-order chi connectivity index (χ1) is 16.5. The van der Waals surface area contributed by atoms with Crippen molar-refractivity contribution in [2.24, 2.45) is 5.73 Å². The monoisotopic (exact) mass is 472 g/mol. The lowest BCUT2D eigenvalue weighted by molar-refractivity contribution is 0.0648. The molecule has 0 atom stereocenters. The Labute approximate surface area is 207 Å². The maximum Gasteiger partial charge on any atom is 0.255 e. The second-order valence-corrected chi connectivity index (χ2v) is 9.30. The molecule has 5 nitrogen and oxygen atoms in total. The second-order valence-electron chi connectivity index (χ2n) is 8.86. The molecule has 1 aliphatic rings. The predicted octanol–water partition coefficient (Wildman–Crippen LogP) is 4.79. The zero-order valence-corrected chi connectivity index (χ0v) is 20.4. The van der Waals surface area contributed by atoms with Crippen LogP contribution in [0.3, 0.4) is 0 Å². The average Bonchev–Trinajstić information content (AvgIpc) is 2.88. The minimum atomic E-state index is 0.0174. The smallest absolute Gasteiger partial charge is 0.255 e. The lowest BCUT2D eigenvalue weighted by Crippen LogP contribution is -2.46. The molecule has 0 radical (unpaired) electrons. The zero-order valence-electron chi connectivity index (χ0n) is 19.6. The topological polar surface area (TPSA) is 61.6 Å². The van der Waals surface area contributed by atoms with Gasteiger partial charge in [0.2, 0.25) is 0 Å². The van der Waals surface area contributed by atoms with Gasteiger partial charge in [-0.15, -0.1) is 0 Å². The number of likely N-dealkylation sites (N-methyl/N-ethyl adjacent to an activating group) is 1. The van der Waals surface area contributed by atoms with Crippen molar-refractivity contribution in [3.63, 3.8) is 0 Å². The third-order valence-corrected chi connectivity index (χ3v) is 6.69. The fourth-order valence-electron chi connectivity index (χ4n) is 4.59. The van der Waals surface area contributed by atoms with Crippen molar-refractivity contribution in [3.05, 3.63) is 90.0 Å². The number of hydrogen-bond acceptors (Lipinski definition) is 3. The second kappa shape index (κ2) is 11.3. The molecule has 0 spiro atoms. The van der Waals surface area contributed by atoms with Crippen LogP contribution in [-0.4, -0.2) is 53.5 Å². The lowest BCUT2D eigenvalue weighted by atomic mass is 9.99. The first kappa shape index (κ1) is 23.9. The van der Waals surface area contributed by atoms with Crippen LogP contribution in [0.1, 0.15) is 28.8 Å². The Balaban J connectivity index is 1.40. The number of nitrogens with one attached hydrogen (secondary N) is 1. The van der Waals surface area contributed by atoms with E-state index in [1.807, 2.05) is 53.4 Å². The summed E-state index contributed by atoms with van der Waals surface area (Å²) in [4.78, 5) is 17.8. The molecule has 1 aliphatic heterocycles. The molecule has 34 heavy (non-hydrogen) atoms. The van der Waals surface area contributed by atoms with Crippen LogP contribution in [0.5, 0.6) is 0 Å². The SMILES string of the molecule is CN(CCc1ccccc1)C1CCN(C(=O)c2ccc(-c3ccccc3)cc2NC(N)=S)CC1. The van der Waals surface area contributed by atoms with Gasteiger partial charge >= 0.3 is 0 Å². The van der Waals surface area contributed by atoms with Crippen LogP contribution >= 0.6 is 12.2 Å². The molecule has 6 heteroatoms. The van der Waals surface area contributed by atoms with Crippen LogP contribution in [0.2, 0.25) is 0 Å². The summed E-state index contributed by atoms with van der Waals surface area (Å²) in [5.74, 6) is 0.0174. The summed E-state index contributed by atoms with van der Waals surface area (Å²) in [5.41, 5.74) is 10.5. The van der Waals surface area contributed by atoms with Gasteiger partial charge in [0.05, 0.1) is 11.3 Å². The van der Waals surface area contributed by atoms with Gasteiger partial charge in [0.25, 0.3) is 5.91 Å². The van der Waals surface area contributed by atoms with E-state index in [-0.39, 0.29) is 11.0 Å². The van der Waals surface area contributed by atoms with E-state index >= 15 is 0 Å². The molecule has 4 rings (SSSR count). The van der Waals surface area contributed by atoms with Gasteiger partial charge in [-0.3, -0.25) is 4.79 Å². The van der Waals surface area contributed by atoms with Gasteiger partial charge in [0.1, 0.15) is 0 Å². The summed E-state index contributed by atoms with van der Waals surface area (Å²) < 4.78 is 0. The van der Waals surface area contributed by atoms with Crippen molar-refractivity contribution in [2.45, 2.75) is 25.3 Å². The van der Waals surface area contributed by atoms with Crippen LogP contribution in [0, 0.1) is 0 Å². The maximum absolute atomic E-state index is 13.4. The van der Waals surface area contributed by atoms with Crippen molar-refractivity contribution in [1.82, 2.24) is 9.80 Å². The number of amides is 1. The van der Waals surface area contributed by atoms with Gasteiger partial charge in [0, 0.05) is 25.7 Å². The molecular weight excluding hydrogens is 440 g/mol. The van der Waals surface area contributed by atoms with E-state index < -0.39 is 0 Å². The van der Waals surface area contributed by atoms with Gasteiger partial charge in [-0.25, -0.2) is 0 Å². The number of likely N-dealkylation sites (tertiary alicyclic amines) is 1. The predicted molar refractivity (Wildman–Crippen MR) is 144 cm³/mol.